The van der Waals surface area contributed by atoms with Crippen LogP contribution in [0.5, 0.6) is 5.75 Å². The normalized spacial score (nSPS) is 14.4. The van der Waals surface area contributed by atoms with Crippen molar-refractivity contribution in [2.75, 3.05) is 12.0 Å². The summed E-state index contributed by atoms with van der Waals surface area (Å²) in [5, 5.41) is 2.03. The molecule has 0 aromatic heterocycles. The van der Waals surface area contributed by atoms with E-state index in [0.717, 1.165) is 16.3 Å². The largest absolute Gasteiger partial charge is 0.497 e. The number of hydrogen-bond acceptors (Lipinski definition) is 4. The third-order valence-electron chi connectivity index (χ3n) is 4.78. The monoisotopic (exact) mass is 403 g/mol. The molecule has 0 aliphatic carbocycles. The van der Waals surface area contributed by atoms with Crippen LogP contribution in [0.1, 0.15) is 19.4 Å². The summed E-state index contributed by atoms with van der Waals surface area (Å²) in [6, 6.07) is 20.7. The van der Waals surface area contributed by atoms with Crippen LogP contribution in [-0.2, 0) is 9.59 Å². The summed E-state index contributed by atoms with van der Waals surface area (Å²) in [4.78, 5) is 28.7. The van der Waals surface area contributed by atoms with Gasteiger partial charge in [0.15, 0.2) is 0 Å². The lowest BCUT2D eigenvalue weighted by molar-refractivity contribution is -0.119. The Morgan fingerprint density at radius 1 is 0.862 bits per heavy atom. The highest BCUT2D eigenvalue weighted by Crippen LogP contribution is 2.41. The highest BCUT2D eigenvalue weighted by molar-refractivity contribution is 8.04. The maximum absolute atomic E-state index is 13.5. The second-order valence-corrected chi connectivity index (χ2v) is 8.63. The minimum atomic E-state index is -0.292. The molecule has 0 bridgehead atoms. The summed E-state index contributed by atoms with van der Waals surface area (Å²) in [7, 11) is 1.60. The molecule has 0 N–H and O–H groups in total. The van der Waals surface area contributed by atoms with Gasteiger partial charge in [0.2, 0.25) is 0 Å². The van der Waals surface area contributed by atoms with Crippen molar-refractivity contribution in [2.24, 2.45) is 0 Å². The molecule has 3 aromatic carbocycles. The zero-order valence-corrected chi connectivity index (χ0v) is 17.3. The molecule has 0 radical (unpaired) electrons. The van der Waals surface area contributed by atoms with Crippen LogP contribution in [0, 0.1) is 0 Å². The van der Waals surface area contributed by atoms with Crippen LogP contribution in [0.4, 0.5) is 5.69 Å². The van der Waals surface area contributed by atoms with Gasteiger partial charge in [0, 0.05) is 10.6 Å². The number of benzene rings is 3. The Morgan fingerprint density at radius 2 is 1.55 bits per heavy atom. The van der Waals surface area contributed by atoms with E-state index in [1.54, 1.807) is 19.2 Å². The molecule has 2 amide bonds. The third-order valence-corrected chi connectivity index (χ3v) is 5.87. The summed E-state index contributed by atoms with van der Waals surface area (Å²) >= 11 is 1.43. The Labute approximate surface area is 174 Å². The topological polar surface area (TPSA) is 46.6 Å². The van der Waals surface area contributed by atoms with E-state index in [1.165, 1.54) is 16.7 Å². The van der Waals surface area contributed by atoms with Crippen molar-refractivity contribution >= 4 is 45.6 Å². The molecular weight excluding hydrogens is 382 g/mol. The SMILES string of the molecule is COc1ccc(C2=C(SC(C)C)C(=O)N(c3cccc4ccccc34)C2=O)cc1. The maximum Gasteiger partial charge on any atom is 0.272 e. The van der Waals surface area contributed by atoms with E-state index in [-0.39, 0.29) is 17.1 Å². The number of fused-ring (bicyclic) bond motifs is 1. The standard InChI is InChI=1S/C24H21NO3S/c1-15(2)29-22-21(17-11-13-18(28-3)14-12-17)23(26)25(24(22)27)20-10-6-8-16-7-4-5-9-19(16)20/h4-15H,1-3H3. The van der Waals surface area contributed by atoms with Crippen molar-refractivity contribution in [3.63, 3.8) is 0 Å². The van der Waals surface area contributed by atoms with Crippen molar-refractivity contribution in [2.45, 2.75) is 19.1 Å². The van der Waals surface area contributed by atoms with E-state index in [0.29, 0.717) is 21.9 Å². The predicted octanol–water partition coefficient (Wildman–Crippen LogP) is 5.27. The zero-order chi connectivity index (χ0) is 20.5. The number of carbonyl (C=O) groups is 2. The van der Waals surface area contributed by atoms with Crippen molar-refractivity contribution in [3.8, 4) is 5.75 Å². The molecule has 0 saturated heterocycles. The summed E-state index contributed by atoms with van der Waals surface area (Å²) in [6.45, 7) is 4.03. The fourth-order valence-corrected chi connectivity index (χ4v) is 4.48. The molecule has 3 aromatic rings. The second-order valence-electron chi connectivity index (χ2n) is 7.04. The zero-order valence-electron chi connectivity index (χ0n) is 16.5. The Kier molecular flexibility index (Phi) is 5.16. The van der Waals surface area contributed by atoms with E-state index in [4.69, 9.17) is 4.74 Å². The van der Waals surface area contributed by atoms with E-state index in [9.17, 15) is 9.59 Å². The molecule has 146 valence electrons. The molecule has 4 nitrogen and oxygen atoms in total. The smallest absolute Gasteiger partial charge is 0.272 e. The Bertz CT molecular complexity index is 1130. The average molecular weight is 404 g/mol. The van der Waals surface area contributed by atoms with Gasteiger partial charge in [-0.15, -0.1) is 11.8 Å². The van der Waals surface area contributed by atoms with E-state index in [2.05, 4.69) is 0 Å². The van der Waals surface area contributed by atoms with E-state index in [1.807, 2.05) is 68.4 Å². The lowest BCUT2D eigenvalue weighted by Crippen LogP contribution is -2.31. The molecular formula is C24H21NO3S. The van der Waals surface area contributed by atoms with Gasteiger partial charge in [-0.3, -0.25) is 9.59 Å². The first-order valence-corrected chi connectivity index (χ1v) is 10.3. The number of nitrogens with zero attached hydrogens (tertiary/aromatic N) is 1. The molecule has 1 heterocycles. The number of anilines is 1. The van der Waals surface area contributed by atoms with Crippen LogP contribution in [0.3, 0.4) is 0 Å². The molecule has 0 unspecified atom stereocenters. The van der Waals surface area contributed by atoms with Gasteiger partial charge in [-0.05, 0) is 29.1 Å². The van der Waals surface area contributed by atoms with Crippen molar-refractivity contribution in [3.05, 3.63) is 77.2 Å². The van der Waals surface area contributed by atoms with Crippen LogP contribution in [0.2, 0.25) is 0 Å². The maximum atomic E-state index is 13.5. The van der Waals surface area contributed by atoms with Crippen molar-refractivity contribution in [1.82, 2.24) is 0 Å². The number of hydrogen-bond donors (Lipinski definition) is 0. The van der Waals surface area contributed by atoms with Gasteiger partial charge >= 0.3 is 0 Å². The molecule has 5 heteroatoms. The fourth-order valence-electron chi connectivity index (χ4n) is 3.49. The van der Waals surface area contributed by atoms with Crippen molar-refractivity contribution in [1.29, 1.82) is 0 Å². The first kappa shape index (κ1) is 19.3. The fraction of sp³-hybridized carbons (Fsp3) is 0.167. The number of ether oxygens (including phenoxy) is 1. The average Bonchev–Trinajstić information content (AvgIpc) is 2.97. The quantitative estimate of drug-likeness (QED) is 0.544. The lowest BCUT2D eigenvalue weighted by atomic mass is 10.1. The van der Waals surface area contributed by atoms with Gasteiger partial charge in [0.05, 0.1) is 23.3 Å². The number of rotatable bonds is 5. The molecule has 0 fully saturated rings. The van der Waals surface area contributed by atoms with Crippen LogP contribution in [-0.4, -0.2) is 24.2 Å². The van der Waals surface area contributed by atoms with E-state index < -0.39 is 0 Å². The Balaban J connectivity index is 1.85. The van der Waals surface area contributed by atoms with Crippen LogP contribution < -0.4 is 9.64 Å². The lowest BCUT2D eigenvalue weighted by Gasteiger charge is -2.18. The van der Waals surface area contributed by atoms with Gasteiger partial charge in [0.1, 0.15) is 5.75 Å². The number of amides is 2. The molecule has 0 atom stereocenters. The first-order chi connectivity index (χ1) is 14.0. The molecule has 1 aliphatic rings. The first-order valence-electron chi connectivity index (χ1n) is 9.43. The summed E-state index contributed by atoms with van der Waals surface area (Å²) in [5.41, 5.74) is 1.78. The molecule has 4 rings (SSSR count). The van der Waals surface area contributed by atoms with Gasteiger partial charge in [-0.25, -0.2) is 4.90 Å². The van der Waals surface area contributed by atoms with Gasteiger partial charge in [-0.2, -0.15) is 0 Å². The minimum Gasteiger partial charge on any atom is -0.497 e. The second kappa shape index (κ2) is 7.76. The molecule has 29 heavy (non-hydrogen) atoms. The number of imide groups is 1. The van der Waals surface area contributed by atoms with Gasteiger partial charge in [0.25, 0.3) is 11.8 Å². The molecule has 1 aliphatic heterocycles. The summed E-state index contributed by atoms with van der Waals surface area (Å²) in [5.74, 6) is 0.144. The number of methoxy groups -OCH3 is 1. The minimum absolute atomic E-state index is 0.169. The van der Waals surface area contributed by atoms with Gasteiger partial charge < -0.3 is 4.74 Å². The summed E-state index contributed by atoms with van der Waals surface area (Å²) in [6.07, 6.45) is 0. The van der Waals surface area contributed by atoms with Crippen LogP contribution in [0.15, 0.2) is 71.6 Å². The predicted molar refractivity (Wildman–Crippen MR) is 119 cm³/mol. The highest BCUT2D eigenvalue weighted by atomic mass is 32.2. The Hall–Kier alpha value is -3.05. The molecule has 0 saturated carbocycles. The third kappa shape index (κ3) is 3.42. The van der Waals surface area contributed by atoms with Gasteiger partial charge in [-0.1, -0.05) is 62.4 Å². The van der Waals surface area contributed by atoms with Crippen LogP contribution >= 0.6 is 11.8 Å². The molecule has 0 spiro atoms. The van der Waals surface area contributed by atoms with E-state index >= 15 is 0 Å². The van der Waals surface area contributed by atoms with Crippen LogP contribution in [0.25, 0.3) is 16.3 Å². The summed E-state index contributed by atoms with van der Waals surface area (Å²) < 4.78 is 5.23. The number of thioether (sulfide) groups is 1. The Morgan fingerprint density at radius 3 is 2.24 bits per heavy atom. The highest BCUT2D eigenvalue weighted by Gasteiger charge is 2.41. The number of carbonyl (C=O) groups excluding carboxylic acids is 2. The van der Waals surface area contributed by atoms with Crippen molar-refractivity contribution < 1.29 is 14.3 Å².